The minimum atomic E-state index is -0.0154. The Morgan fingerprint density at radius 2 is 1.50 bits per heavy atom. The van der Waals surface area contributed by atoms with Crippen molar-refractivity contribution in [3.63, 3.8) is 0 Å². The standard InChI is InChI=1S/C31H23N5O2/c1-21(37)22-9-8-10-23(19-22)29-34-30(28-31(35-29)36(20-32-28)25-11-4-2-5-12-25)33-24-15-17-27(18-16-24)38-26-13-6-3-7-14-26/h2-20H,1H3,(H,33,34,35). The number of hydrogen-bond acceptors (Lipinski definition) is 6. The molecule has 2 aromatic heterocycles. The van der Waals surface area contributed by atoms with E-state index in [1.54, 1.807) is 19.3 Å². The molecule has 0 saturated carbocycles. The highest BCUT2D eigenvalue weighted by Crippen LogP contribution is 2.30. The molecule has 6 rings (SSSR count). The van der Waals surface area contributed by atoms with Crippen LogP contribution in [0.4, 0.5) is 11.5 Å². The average Bonchev–Trinajstić information content (AvgIpc) is 3.40. The Morgan fingerprint density at radius 3 is 2.24 bits per heavy atom. The maximum Gasteiger partial charge on any atom is 0.170 e. The first-order chi connectivity index (χ1) is 18.6. The average molecular weight is 498 g/mol. The third-order valence-electron chi connectivity index (χ3n) is 6.05. The molecule has 0 aliphatic heterocycles. The second-order valence-electron chi connectivity index (χ2n) is 8.72. The summed E-state index contributed by atoms with van der Waals surface area (Å²) >= 11 is 0. The molecule has 0 atom stereocenters. The van der Waals surface area contributed by atoms with Crippen LogP contribution in [-0.4, -0.2) is 25.3 Å². The molecule has 0 saturated heterocycles. The number of ketones is 1. The van der Waals surface area contributed by atoms with Gasteiger partial charge >= 0.3 is 0 Å². The minimum Gasteiger partial charge on any atom is -0.457 e. The summed E-state index contributed by atoms with van der Waals surface area (Å²) in [4.78, 5) is 26.3. The number of benzene rings is 4. The Balaban J connectivity index is 1.41. The predicted molar refractivity (Wildman–Crippen MR) is 148 cm³/mol. The van der Waals surface area contributed by atoms with E-state index in [4.69, 9.17) is 14.7 Å². The van der Waals surface area contributed by atoms with Crippen molar-refractivity contribution in [1.29, 1.82) is 0 Å². The molecule has 6 aromatic rings. The lowest BCUT2D eigenvalue weighted by atomic mass is 10.1. The zero-order valence-electron chi connectivity index (χ0n) is 20.6. The molecule has 7 nitrogen and oxygen atoms in total. The number of imidazole rings is 1. The minimum absolute atomic E-state index is 0.0154. The van der Waals surface area contributed by atoms with Gasteiger partial charge < -0.3 is 10.1 Å². The largest absolute Gasteiger partial charge is 0.457 e. The molecule has 0 radical (unpaired) electrons. The van der Waals surface area contributed by atoms with E-state index in [0.29, 0.717) is 28.4 Å². The smallest absolute Gasteiger partial charge is 0.170 e. The third kappa shape index (κ3) is 4.73. The Hall–Kier alpha value is -5.30. The van der Waals surface area contributed by atoms with Crippen molar-refractivity contribution < 1.29 is 9.53 Å². The van der Waals surface area contributed by atoms with Crippen LogP contribution in [0.25, 0.3) is 28.2 Å². The van der Waals surface area contributed by atoms with Crippen molar-refractivity contribution in [3.05, 3.63) is 121 Å². The van der Waals surface area contributed by atoms with Crippen LogP contribution in [0.1, 0.15) is 17.3 Å². The fourth-order valence-electron chi connectivity index (χ4n) is 4.14. The fraction of sp³-hybridized carbons (Fsp3) is 0.0323. The third-order valence-corrected chi connectivity index (χ3v) is 6.05. The summed E-state index contributed by atoms with van der Waals surface area (Å²) in [6.45, 7) is 1.55. The van der Waals surface area contributed by atoms with E-state index in [1.807, 2.05) is 108 Å². The molecular weight excluding hydrogens is 474 g/mol. The van der Waals surface area contributed by atoms with E-state index in [-0.39, 0.29) is 5.78 Å². The molecule has 4 aromatic carbocycles. The summed E-state index contributed by atoms with van der Waals surface area (Å²) in [7, 11) is 0. The highest BCUT2D eigenvalue weighted by molar-refractivity contribution is 5.95. The van der Waals surface area contributed by atoms with E-state index in [1.165, 1.54) is 0 Å². The van der Waals surface area contributed by atoms with E-state index < -0.39 is 0 Å². The van der Waals surface area contributed by atoms with Crippen molar-refractivity contribution in [2.75, 3.05) is 5.32 Å². The molecule has 38 heavy (non-hydrogen) atoms. The second kappa shape index (κ2) is 9.99. The summed E-state index contributed by atoms with van der Waals surface area (Å²) in [5, 5.41) is 3.40. The number of ether oxygens (including phenoxy) is 1. The number of anilines is 2. The first-order valence-corrected chi connectivity index (χ1v) is 12.2. The Labute approximate surface area is 219 Å². The number of nitrogens with zero attached hydrogens (tertiary/aromatic N) is 4. The Kier molecular flexibility index (Phi) is 6.08. The summed E-state index contributed by atoms with van der Waals surface area (Å²) in [5.74, 6) is 2.53. The lowest BCUT2D eigenvalue weighted by Crippen LogP contribution is -2.02. The molecular formula is C31H23N5O2. The number of hydrogen-bond donors (Lipinski definition) is 1. The van der Waals surface area contributed by atoms with E-state index in [0.717, 1.165) is 28.4 Å². The van der Waals surface area contributed by atoms with Gasteiger partial charge in [0.2, 0.25) is 0 Å². The summed E-state index contributed by atoms with van der Waals surface area (Å²) in [6.07, 6.45) is 1.74. The van der Waals surface area contributed by atoms with Gasteiger partial charge in [0.25, 0.3) is 0 Å². The molecule has 0 amide bonds. The lowest BCUT2D eigenvalue weighted by molar-refractivity contribution is 0.101. The molecule has 0 aliphatic carbocycles. The Morgan fingerprint density at radius 1 is 0.789 bits per heavy atom. The van der Waals surface area contributed by atoms with Gasteiger partial charge in [0.05, 0.1) is 0 Å². The van der Waals surface area contributed by atoms with E-state index in [2.05, 4.69) is 10.3 Å². The number of Topliss-reactive ketones (excluding diaryl/α,β-unsaturated/α-hetero) is 1. The lowest BCUT2D eigenvalue weighted by Gasteiger charge is -2.11. The van der Waals surface area contributed by atoms with Crippen LogP contribution in [0.15, 0.2) is 116 Å². The van der Waals surface area contributed by atoms with Crippen molar-refractivity contribution >= 4 is 28.5 Å². The van der Waals surface area contributed by atoms with Crippen molar-refractivity contribution in [1.82, 2.24) is 19.5 Å². The molecule has 2 heterocycles. The molecule has 184 valence electrons. The number of para-hydroxylation sites is 2. The van der Waals surface area contributed by atoms with Gasteiger partial charge in [0, 0.05) is 22.5 Å². The van der Waals surface area contributed by atoms with E-state index in [9.17, 15) is 4.79 Å². The van der Waals surface area contributed by atoms with Gasteiger partial charge in [-0.05, 0) is 61.5 Å². The molecule has 7 heteroatoms. The topological polar surface area (TPSA) is 81.9 Å². The van der Waals surface area contributed by atoms with Crippen molar-refractivity contribution in [3.8, 4) is 28.6 Å². The molecule has 1 N–H and O–H groups in total. The van der Waals surface area contributed by atoms with Gasteiger partial charge in [-0.1, -0.05) is 54.6 Å². The van der Waals surface area contributed by atoms with Crippen LogP contribution in [0.2, 0.25) is 0 Å². The first kappa shape index (κ1) is 23.1. The zero-order chi connectivity index (χ0) is 25.9. The highest BCUT2D eigenvalue weighted by atomic mass is 16.5. The quantitative estimate of drug-likeness (QED) is 0.235. The van der Waals surface area contributed by atoms with Gasteiger partial charge in [-0.25, -0.2) is 15.0 Å². The maximum atomic E-state index is 12.0. The summed E-state index contributed by atoms with van der Waals surface area (Å²) in [5.41, 5.74) is 4.39. The van der Waals surface area contributed by atoms with E-state index >= 15 is 0 Å². The predicted octanol–water partition coefficient (Wildman–Crippen LogP) is 7.22. The monoisotopic (exact) mass is 497 g/mol. The molecule has 0 aliphatic rings. The number of aromatic nitrogens is 4. The first-order valence-electron chi connectivity index (χ1n) is 12.2. The van der Waals surface area contributed by atoms with Gasteiger partial charge in [-0.15, -0.1) is 0 Å². The van der Waals surface area contributed by atoms with Gasteiger partial charge in [-0.3, -0.25) is 9.36 Å². The van der Waals surface area contributed by atoms with Crippen LogP contribution >= 0.6 is 0 Å². The molecule has 0 fully saturated rings. The number of rotatable bonds is 7. The van der Waals surface area contributed by atoms with Gasteiger partial charge in [-0.2, -0.15) is 0 Å². The van der Waals surface area contributed by atoms with Gasteiger partial charge in [0.15, 0.2) is 28.6 Å². The summed E-state index contributed by atoms with van der Waals surface area (Å²) < 4.78 is 7.84. The van der Waals surface area contributed by atoms with Crippen molar-refractivity contribution in [2.24, 2.45) is 0 Å². The fourth-order valence-corrected chi connectivity index (χ4v) is 4.14. The highest BCUT2D eigenvalue weighted by Gasteiger charge is 2.16. The molecule has 0 spiro atoms. The number of fused-ring (bicyclic) bond motifs is 1. The number of carbonyl (C=O) groups is 1. The second-order valence-corrected chi connectivity index (χ2v) is 8.72. The Bertz CT molecular complexity index is 1730. The normalized spacial score (nSPS) is 10.9. The zero-order valence-corrected chi connectivity index (χ0v) is 20.6. The number of nitrogens with one attached hydrogen (secondary N) is 1. The summed E-state index contributed by atoms with van der Waals surface area (Å²) in [6, 6.07) is 34.5. The van der Waals surface area contributed by atoms with Crippen LogP contribution in [-0.2, 0) is 0 Å². The molecule has 0 bridgehead atoms. The van der Waals surface area contributed by atoms with Crippen LogP contribution < -0.4 is 10.1 Å². The SMILES string of the molecule is CC(=O)c1cccc(-c2nc(Nc3ccc(Oc4ccccc4)cc3)c3ncn(-c4ccccc4)c3n2)c1. The van der Waals surface area contributed by atoms with Crippen LogP contribution in [0, 0.1) is 0 Å². The van der Waals surface area contributed by atoms with Crippen LogP contribution in [0.5, 0.6) is 11.5 Å². The van der Waals surface area contributed by atoms with Gasteiger partial charge in [0.1, 0.15) is 17.8 Å². The van der Waals surface area contributed by atoms with Crippen LogP contribution in [0.3, 0.4) is 0 Å². The maximum absolute atomic E-state index is 12.0. The number of carbonyl (C=O) groups excluding carboxylic acids is 1. The van der Waals surface area contributed by atoms with Crippen molar-refractivity contribution in [2.45, 2.75) is 6.92 Å². The molecule has 0 unspecified atom stereocenters.